The van der Waals surface area contributed by atoms with Crippen LogP contribution in [0.25, 0.3) is 0 Å². The predicted molar refractivity (Wildman–Crippen MR) is 123 cm³/mol. The van der Waals surface area contributed by atoms with Crippen LogP contribution in [0.3, 0.4) is 0 Å². The summed E-state index contributed by atoms with van der Waals surface area (Å²) in [6, 6.07) is 10.6. The maximum atomic E-state index is 12.8. The number of carbonyl (C=O) groups is 2. The Balaban J connectivity index is 1.38. The van der Waals surface area contributed by atoms with E-state index in [-0.39, 0.29) is 11.9 Å². The summed E-state index contributed by atoms with van der Waals surface area (Å²) in [7, 11) is 0. The third kappa shape index (κ3) is 4.97. The van der Waals surface area contributed by atoms with Crippen molar-refractivity contribution in [2.75, 3.05) is 18.4 Å². The zero-order valence-corrected chi connectivity index (χ0v) is 19.6. The molecule has 5 rings (SSSR count). The van der Waals surface area contributed by atoms with E-state index >= 15 is 0 Å². The Morgan fingerprint density at radius 3 is 2.67 bits per heavy atom. The molecular formula is C20H20F2IN3O2S2. The molecule has 30 heavy (non-hydrogen) atoms. The summed E-state index contributed by atoms with van der Waals surface area (Å²) >= 11 is 5.26. The number of rotatable bonds is 6. The van der Waals surface area contributed by atoms with Crippen LogP contribution in [0, 0.1) is 5.92 Å². The van der Waals surface area contributed by atoms with Gasteiger partial charge in [0.25, 0.3) is 11.8 Å². The van der Waals surface area contributed by atoms with Crippen molar-refractivity contribution >= 4 is 63.2 Å². The number of amides is 2. The van der Waals surface area contributed by atoms with E-state index in [4.69, 9.17) is 0 Å². The standard InChI is InChI=1S/C20H20F2IN3O2S2/c21-17(22)20(28)24-12-2-1-3-13(10-12)29-15-5-4-14(30-15)19(27)25-16-11-6-8-26(9-7-11)18(16)23/h1-5,10-11,16-18H,6-9H2,(H,24,28)(H,25,27)/t16-,18?/m1/s1. The number of thiophene rings is 1. The van der Waals surface area contributed by atoms with Crippen LogP contribution in [0.15, 0.2) is 45.5 Å². The van der Waals surface area contributed by atoms with Crippen molar-refractivity contribution < 1.29 is 18.4 Å². The van der Waals surface area contributed by atoms with E-state index in [2.05, 4.69) is 38.1 Å². The van der Waals surface area contributed by atoms with Gasteiger partial charge in [-0.1, -0.05) is 40.4 Å². The molecule has 160 valence electrons. The highest BCUT2D eigenvalue weighted by Gasteiger charge is 2.41. The van der Waals surface area contributed by atoms with Gasteiger partial charge in [0, 0.05) is 10.6 Å². The quantitative estimate of drug-likeness (QED) is 0.304. The third-order valence-corrected chi connectivity index (χ3v) is 9.12. The Morgan fingerprint density at radius 1 is 1.20 bits per heavy atom. The largest absolute Gasteiger partial charge is 0.346 e. The van der Waals surface area contributed by atoms with Gasteiger partial charge in [-0.15, -0.1) is 11.3 Å². The number of fused-ring (bicyclic) bond motifs is 3. The van der Waals surface area contributed by atoms with Crippen LogP contribution in [-0.4, -0.2) is 46.3 Å². The molecule has 2 N–H and O–H groups in total. The highest BCUT2D eigenvalue weighted by Crippen LogP contribution is 2.37. The van der Waals surface area contributed by atoms with Crippen molar-refractivity contribution in [1.29, 1.82) is 0 Å². The normalized spacial score (nSPS) is 25.3. The Bertz CT molecular complexity index is 932. The van der Waals surface area contributed by atoms with Crippen molar-refractivity contribution in [2.24, 2.45) is 5.92 Å². The second-order valence-corrected chi connectivity index (χ2v) is 11.0. The summed E-state index contributed by atoms with van der Waals surface area (Å²) in [5.74, 6) is -0.834. The number of halogens is 3. The van der Waals surface area contributed by atoms with E-state index in [1.807, 2.05) is 18.2 Å². The van der Waals surface area contributed by atoms with Gasteiger partial charge in [0.1, 0.15) is 0 Å². The molecule has 4 heterocycles. The van der Waals surface area contributed by atoms with Gasteiger partial charge in [0.15, 0.2) is 0 Å². The monoisotopic (exact) mass is 563 g/mol. The van der Waals surface area contributed by atoms with E-state index in [9.17, 15) is 18.4 Å². The average molecular weight is 563 g/mol. The van der Waals surface area contributed by atoms with Crippen LogP contribution in [0.2, 0.25) is 0 Å². The molecule has 2 atom stereocenters. The minimum Gasteiger partial charge on any atom is -0.346 e. The fourth-order valence-electron chi connectivity index (χ4n) is 3.83. The fourth-order valence-corrected chi connectivity index (χ4v) is 7.22. The van der Waals surface area contributed by atoms with Gasteiger partial charge >= 0.3 is 6.43 Å². The van der Waals surface area contributed by atoms with E-state index in [1.54, 1.807) is 18.2 Å². The predicted octanol–water partition coefficient (Wildman–Crippen LogP) is 4.69. The second kappa shape index (κ2) is 9.49. The lowest BCUT2D eigenvalue weighted by Gasteiger charge is -2.48. The Morgan fingerprint density at radius 2 is 1.97 bits per heavy atom. The van der Waals surface area contributed by atoms with Crippen molar-refractivity contribution in [1.82, 2.24) is 10.2 Å². The number of anilines is 1. The van der Waals surface area contributed by atoms with E-state index in [0.717, 1.165) is 35.0 Å². The molecule has 2 aromatic rings. The number of piperidine rings is 3. The van der Waals surface area contributed by atoms with Gasteiger partial charge in [-0.3, -0.25) is 14.5 Å². The Labute approximate surface area is 195 Å². The maximum Gasteiger partial charge on any atom is 0.315 e. The molecule has 1 aromatic heterocycles. The second-order valence-electron chi connectivity index (χ2n) is 7.28. The lowest BCUT2D eigenvalue weighted by atomic mass is 9.84. The molecule has 3 aliphatic rings. The van der Waals surface area contributed by atoms with E-state index in [1.165, 1.54) is 23.1 Å². The lowest BCUT2D eigenvalue weighted by molar-refractivity contribution is -0.126. The molecule has 10 heteroatoms. The highest BCUT2D eigenvalue weighted by atomic mass is 127. The van der Waals surface area contributed by atoms with Crippen LogP contribution >= 0.6 is 45.7 Å². The number of carbonyl (C=O) groups excluding carboxylic acids is 2. The topological polar surface area (TPSA) is 61.4 Å². The number of hydrogen-bond donors (Lipinski definition) is 2. The number of hydrogen-bond acceptors (Lipinski definition) is 5. The van der Waals surface area contributed by atoms with Crippen LogP contribution < -0.4 is 10.6 Å². The van der Waals surface area contributed by atoms with Gasteiger partial charge in [-0.2, -0.15) is 8.78 Å². The highest BCUT2D eigenvalue weighted by molar-refractivity contribution is 14.1. The molecule has 1 unspecified atom stereocenters. The number of nitrogens with zero attached hydrogens (tertiary/aromatic N) is 1. The number of alkyl halides is 3. The molecule has 2 amide bonds. The van der Waals surface area contributed by atoms with Crippen molar-refractivity contribution in [3.05, 3.63) is 41.3 Å². The van der Waals surface area contributed by atoms with Gasteiger partial charge in [0.05, 0.1) is 19.2 Å². The Hall–Kier alpha value is -1.24. The molecule has 3 fully saturated rings. The van der Waals surface area contributed by atoms with Gasteiger partial charge in [-0.25, -0.2) is 0 Å². The molecule has 3 aliphatic heterocycles. The summed E-state index contributed by atoms with van der Waals surface area (Å²) in [4.78, 5) is 27.8. The van der Waals surface area contributed by atoms with Gasteiger partial charge < -0.3 is 10.6 Å². The van der Waals surface area contributed by atoms with E-state index < -0.39 is 12.3 Å². The van der Waals surface area contributed by atoms with Crippen LogP contribution in [0.1, 0.15) is 22.5 Å². The zero-order valence-electron chi connectivity index (χ0n) is 15.8. The number of nitrogens with one attached hydrogen (secondary N) is 2. The smallest absolute Gasteiger partial charge is 0.315 e. The molecule has 0 aliphatic carbocycles. The first kappa shape index (κ1) is 22.0. The zero-order chi connectivity index (χ0) is 21.3. The SMILES string of the molecule is O=C(N[C@@H]1C2CCN(CC2)C1I)c1ccc(Sc2cccc(NC(=O)C(F)F)c2)s1. The fraction of sp³-hybridized carbons (Fsp3) is 0.400. The number of benzene rings is 1. The molecular weight excluding hydrogens is 543 g/mol. The Kier molecular flexibility index (Phi) is 6.95. The molecule has 0 saturated carbocycles. The van der Waals surface area contributed by atoms with Gasteiger partial charge in [-0.05, 0) is 62.2 Å². The van der Waals surface area contributed by atoms with Crippen LogP contribution in [0.5, 0.6) is 0 Å². The summed E-state index contributed by atoms with van der Waals surface area (Å²) in [5, 5.41) is 5.42. The molecule has 5 nitrogen and oxygen atoms in total. The molecule has 0 spiro atoms. The van der Waals surface area contributed by atoms with Crippen LogP contribution in [-0.2, 0) is 4.79 Å². The molecule has 3 saturated heterocycles. The lowest BCUT2D eigenvalue weighted by Crippen LogP contribution is -2.61. The maximum absolute atomic E-state index is 12.8. The first-order chi connectivity index (χ1) is 14.4. The van der Waals surface area contributed by atoms with Crippen LogP contribution in [0.4, 0.5) is 14.5 Å². The average Bonchev–Trinajstić information content (AvgIpc) is 3.19. The van der Waals surface area contributed by atoms with Crippen molar-refractivity contribution in [3.8, 4) is 0 Å². The minimum atomic E-state index is -3.06. The first-order valence-electron chi connectivity index (χ1n) is 9.56. The van der Waals surface area contributed by atoms with Crippen molar-refractivity contribution in [2.45, 2.75) is 38.5 Å². The third-order valence-electron chi connectivity index (χ3n) is 5.35. The van der Waals surface area contributed by atoms with E-state index in [0.29, 0.717) is 20.5 Å². The summed E-state index contributed by atoms with van der Waals surface area (Å²) in [6.45, 7) is 2.22. The minimum absolute atomic E-state index is 0.0507. The molecule has 0 radical (unpaired) electrons. The van der Waals surface area contributed by atoms with Crippen molar-refractivity contribution in [3.63, 3.8) is 0 Å². The first-order valence-corrected chi connectivity index (χ1v) is 12.4. The summed E-state index contributed by atoms with van der Waals surface area (Å²) in [5.41, 5.74) is 0.315. The molecule has 2 bridgehead atoms. The van der Waals surface area contributed by atoms with Gasteiger partial charge in [0.2, 0.25) is 0 Å². The summed E-state index contributed by atoms with van der Waals surface area (Å²) < 4.78 is 26.1. The summed E-state index contributed by atoms with van der Waals surface area (Å²) in [6.07, 6.45) is -0.791. The molecule has 1 aromatic carbocycles.